The maximum atomic E-state index is 13.0. The third-order valence-electron chi connectivity index (χ3n) is 4.29. The van der Waals surface area contributed by atoms with Crippen molar-refractivity contribution >= 4 is 27.7 Å². The predicted molar refractivity (Wildman–Crippen MR) is 112 cm³/mol. The lowest BCUT2D eigenvalue weighted by Gasteiger charge is -2.29. The zero-order valence-corrected chi connectivity index (χ0v) is 17.7. The second kappa shape index (κ2) is 10.3. The minimum atomic E-state index is -0.543. The summed E-state index contributed by atoms with van der Waals surface area (Å²) in [6.45, 7) is 6.87. The van der Waals surface area contributed by atoms with E-state index >= 15 is 0 Å². The Morgan fingerprint density at radius 3 is 2.30 bits per heavy atom. The average molecular weight is 431 g/mol. The molecule has 1 atom stereocenters. The lowest BCUT2D eigenvalue weighted by molar-refractivity contribution is -0.140. The third-order valence-corrected chi connectivity index (χ3v) is 4.79. The van der Waals surface area contributed by atoms with Crippen LogP contribution in [-0.4, -0.2) is 29.3 Å². The molecule has 0 radical (unpaired) electrons. The molecule has 2 rings (SSSR count). The molecule has 2 amide bonds. The molecule has 0 spiro atoms. The number of hydrogen-bond acceptors (Lipinski definition) is 2. The molecular weight excluding hydrogens is 404 g/mol. The van der Waals surface area contributed by atoms with Gasteiger partial charge in [0.1, 0.15) is 6.04 Å². The van der Waals surface area contributed by atoms with E-state index < -0.39 is 6.04 Å². The lowest BCUT2D eigenvalue weighted by Crippen LogP contribution is -2.48. The van der Waals surface area contributed by atoms with Crippen LogP contribution in [0, 0.1) is 5.92 Å². The maximum absolute atomic E-state index is 13.0. The van der Waals surface area contributed by atoms with Gasteiger partial charge < -0.3 is 10.2 Å². The van der Waals surface area contributed by atoms with Crippen molar-refractivity contribution in [3.05, 3.63) is 70.2 Å². The third kappa shape index (κ3) is 6.83. The molecule has 0 aromatic heterocycles. The van der Waals surface area contributed by atoms with Crippen LogP contribution in [0.1, 0.15) is 31.9 Å². The van der Waals surface area contributed by atoms with E-state index in [9.17, 15) is 9.59 Å². The van der Waals surface area contributed by atoms with Crippen molar-refractivity contribution in [3.8, 4) is 0 Å². The first kappa shape index (κ1) is 21.2. The molecule has 0 fully saturated rings. The van der Waals surface area contributed by atoms with Gasteiger partial charge >= 0.3 is 0 Å². The van der Waals surface area contributed by atoms with Gasteiger partial charge in [-0.3, -0.25) is 9.59 Å². The van der Waals surface area contributed by atoms with Crippen LogP contribution in [0.5, 0.6) is 0 Å². The van der Waals surface area contributed by atoms with E-state index in [1.807, 2.05) is 68.4 Å². The molecule has 1 N–H and O–H groups in total. The van der Waals surface area contributed by atoms with Gasteiger partial charge in [0.2, 0.25) is 11.8 Å². The van der Waals surface area contributed by atoms with Gasteiger partial charge in [-0.1, -0.05) is 72.2 Å². The molecule has 0 saturated heterocycles. The number of carbonyl (C=O) groups excluding carboxylic acids is 2. The number of benzene rings is 2. The van der Waals surface area contributed by atoms with Crippen molar-refractivity contribution < 1.29 is 9.59 Å². The molecular formula is C22H27BrN2O2. The van der Waals surface area contributed by atoms with Gasteiger partial charge in [-0.2, -0.15) is 0 Å². The summed E-state index contributed by atoms with van der Waals surface area (Å²) in [5, 5.41) is 2.94. The fraction of sp³-hybridized carbons (Fsp3) is 0.364. The molecule has 0 saturated carbocycles. The van der Waals surface area contributed by atoms with Crippen molar-refractivity contribution in [1.82, 2.24) is 10.2 Å². The van der Waals surface area contributed by atoms with E-state index in [1.54, 1.807) is 11.8 Å². The van der Waals surface area contributed by atoms with Crippen LogP contribution in [0.15, 0.2) is 59.1 Å². The van der Waals surface area contributed by atoms with Gasteiger partial charge in [-0.25, -0.2) is 0 Å². The largest absolute Gasteiger partial charge is 0.354 e. The zero-order chi connectivity index (χ0) is 19.8. The normalized spacial score (nSPS) is 11.9. The van der Waals surface area contributed by atoms with Gasteiger partial charge in [0, 0.05) is 17.6 Å². The molecule has 0 bridgehead atoms. The molecule has 0 aliphatic heterocycles. The molecule has 0 aliphatic rings. The van der Waals surface area contributed by atoms with Crippen LogP contribution >= 0.6 is 15.9 Å². The Hall–Kier alpha value is -2.14. The fourth-order valence-corrected chi connectivity index (χ4v) is 3.19. The number of carbonyl (C=O) groups is 2. The second-order valence-corrected chi connectivity index (χ2v) is 8.04. The van der Waals surface area contributed by atoms with Crippen LogP contribution in [0.4, 0.5) is 0 Å². The number of rotatable bonds is 8. The highest BCUT2D eigenvalue weighted by atomic mass is 79.9. The van der Waals surface area contributed by atoms with Crippen molar-refractivity contribution in [2.75, 3.05) is 6.54 Å². The first-order valence-corrected chi connectivity index (χ1v) is 10.0. The SMILES string of the molecule is CC(C)CNC(=O)[C@H](C)N(Cc1cccc(Br)c1)C(=O)Cc1ccccc1. The molecule has 27 heavy (non-hydrogen) atoms. The van der Waals surface area contributed by atoms with Crippen molar-refractivity contribution in [3.63, 3.8) is 0 Å². The quantitative estimate of drug-likeness (QED) is 0.682. The van der Waals surface area contributed by atoms with E-state index in [1.165, 1.54) is 0 Å². The van der Waals surface area contributed by atoms with Gasteiger partial charge in [0.15, 0.2) is 0 Å². The van der Waals surface area contributed by atoms with Gasteiger partial charge in [0.05, 0.1) is 6.42 Å². The molecule has 2 aromatic rings. The minimum absolute atomic E-state index is 0.0617. The lowest BCUT2D eigenvalue weighted by atomic mass is 10.1. The van der Waals surface area contributed by atoms with Crippen molar-refractivity contribution in [2.24, 2.45) is 5.92 Å². The molecule has 5 heteroatoms. The molecule has 4 nitrogen and oxygen atoms in total. The Kier molecular flexibility index (Phi) is 8.04. The molecule has 144 valence electrons. The summed E-state index contributed by atoms with van der Waals surface area (Å²) in [5.41, 5.74) is 1.92. The Balaban J connectivity index is 2.18. The Morgan fingerprint density at radius 2 is 1.67 bits per heavy atom. The summed E-state index contributed by atoms with van der Waals surface area (Å²) in [7, 11) is 0. The summed E-state index contributed by atoms with van der Waals surface area (Å²) in [5.74, 6) is 0.174. The van der Waals surface area contributed by atoms with Gasteiger partial charge in [-0.05, 0) is 36.1 Å². The predicted octanol–water partition coefficient (Wildman–Crippen LogP) is 4.18. The topological polar surface area (TPSA) is 49.4 Å². The Labute approximate surface area is 170 Å². The number of hydrogen-bond donors (Lipinski definition) is 1. The standard InChI is InChI=1S/C22H27BrN2O2/c1-16(2)14-24-22(27)17(3)25(15-19-10-7-11-20(23)12-19)21(26)13-18-8-5-4-6-9-18/h4-12,16-17H,13-15H2,1-3H3,(H,24,27)/t17-/m0/s1. The highest BCUT2D eigenvalue weighted by Gasteiger charge is 2.26. The molecule has 0 unspecified atom stereocenters. The Morgan fingerprint density at radius 1 is 1.00 bits per heavy atom. The minimum Gasteiger partial charge on any atom is -0.354 e. The van der Waals surface area contributed by atoms with Crippen LogP contribution < -0.4 is 5.32 Å². The maximum Gasteiger partial charge on any atom is 0.242 e. The number of nitrogens with zero attached hydrogens (tertiary/aromatic N) is 1. The van der Waals surface area contributed by atoms with Crippen LogP contribution in [0.2, 0.25) is 0 Å². The Bertz CT molecular complexity index is 762. The van der Waals surface area contributed by atoms with E-state index in [0.717, 1.165) is 15.6 Å². The summed E-state index contributed by atoms with van der Waals surface area (Å²) in [4.78, 5) is 27.3. The van der Waals surface area contributed by atoms with E-state index in [2.05, 4.69) is 21.2 Å². The summed E-state index contributed by atoms with van der Waals surface area (Å²) < 4.78 is 0.951. The highest BCUT2D eigenvalue weighted by Crippen LogP contribution is 2.16. The van der Waals surface area contributed by atoms with E-state index in [0.29, 0.717) is 19.0 Å². The summed E-state index contributed by atoms with van der Waals surface area (Å²) in [6.07, 6.45) is 0.274. The van der Waals surface area contributed by atoms with Crippen LogP contribution in [0.25, 0.3) is 0 Å². The summed E-state index contributed by atoms with van der Waals surface area (Å²) in [6, 6.07) is 16.9. The second-order valence-electron chi connectivity index (χ2n) is 7.13. The van der Waals surface area contributed by atoms with Gasteiger partial charge in [0.25, 0.3) is 0 Å². The fourth-order valence-electron chi connectivity index (χ4n) is 2.74. The zero-order valence-electron chi connectivity index (χ0n) is 16.1. The van der Waals surface area contributed by atoms with Crippen LogP contribution in [0.3, 0.4) is 0 Å². The monoisotopic (exact) mass is 430 g/mol. The highest BCUT2D eigenvalue weighted by molar-refractivity contribution is 9.10. The van der Waals surface area contributed by atoms with E-state index in [4.69, 9.17) is 0 Å². The first-order chi connectivity index (χ1) is 12.9. The number of nitrogens with one attached hydrogen (secondary N) is 1. The number of amides is 2. The summed E-state index contributed by atoms with van der Waals surface area (Å²) >= 11 is 3.47. The smallest absolute Gasteiger partial charge is 0.242 e. The van der Waals surface area contributed by atoms with Gasteiger partial charge in [-0.15, -0.1) is 0 Å². The average Bonchev–Trinajstić information content (AvgIpc) is 2.64. The van der Waals surface area contributed by atoms with E-state index in [-0.39, 0.29) is 18.2 Å². The number of halogens is 1. The molecule has 2 aromatic carbocycles. The first-order valence-electron chi connectivity index (χ1n) is 9.22. The van der Waals surface area contributed by atoms with Crippen molar-refractivity contribution in [1.29, 1.82) is 0 Å². The van der Waals surface area contributed by atoms with Crippen LogP contribution in [-0.2, 0) is 22.6 Å². The van der Waals surface area contributed by atoms with Crippen molar-refractivity contribution in [2.45, 2.75) is 39.8 Å². The molecule has 0 aliphatic carbocycles. The molecule has 0 heterocycles.